The second-order valence-electron chi connectivity index (χ2n) is 3.96. The van der Waals surface area contributed by atoms with Gasteiger partial charge in [-0.3, -0.25) is 0 Å². The van der Waals surface area contributed by atoms with Crippen molar-refractivity contribution in [3.8, 4) is 0 Å². The smallest absolute Gasteiger partial charge is 0.186 e. The molecular weight excluding hydrogens is 296 g/mol. The van der Waals surface area contributed by atoms with Crippen molar-refractivity contribution in [3.63, 3.8) is 0 Å². The van der Waals surface area contributed by atoms with Crippen LogP contribution < -0.4 is 0 Å². The van der Waals surface area contributed by atoms with E-state index in [1.807, 2.05) is 0 Å². The van der Waals surface area contributed by atoms with Crippen LogP contribution in [0.1, 0.15) is 12.8 Å². The van der Waals surface area contributed by atoms with Crippen molar-refractivity contribution < 1.29 is 29.9 Å². The fourth-order valence-electron chi connectivity index (χ4n) is 1.60. The Labute approximate surface area is 108 Å². The normalized spacial score (nSPS) is 38.3. The summed E-state index contributed by atoms with van der Waals surface area (Å²) in [6, 6.07) is 0. The molecule has 0 bridgehead atoms. The predicted octanol–water partition coefficient (Wildman–Crippen LogP) is -1.02. The molecular formula is C10H19BrO6. The summed E-state index contributed by atoms with van der Waals surface area (Å²) >= 11 is 3.28. The summed E-state index contributed by atoms with van der Waals surface area (Å²) in [5.74, 6) is 0. The molecule has 0 amide bonds. The maximum Gasteiger partial charge on any atom is 0.186 e. The van der Waals surface area contributed by atoms with Crippen molar-refractivity contribution in [2.45, 2.75) is 43.5 Å². The van der Waals surface area contributed by atoms with Crippen molar-refractivity contribution >= 4 is 15.9 Å². The Bertz CT molecular complexity index is 215. The van der Waals surface area contributed by atoms with E-state index >= 15 is 0 Å². The van der Waals surface area contributed by atoms with Gasteiger partial charge in [0.15, 0.2) is 6.29 Å². The van der Waals surface area contributed by atoms with Crippen molar-refractivity contribution in [1.29, 1.82) is 0 Å². The first-order valence-corrected chi connectivity index (χ1v) is 6.72. The molecule has 1 aliphatic heterocycles. The lowest BCUT2D eigenvalue weighted by atomic mass is 9.99. The SMILES string of the molecule is OC[C@H]1OC(OCCCCBr)[C@H](O)[C@@H](O)[C@@H]1O. The zero-order valence-corrected chi connectivity index (χ0v) is 11.0. The molecule has 0 aliphatic carbocycles. The maximum atomic E-state index is 9.63. The molecule has 6 nitrogen and oxygen atoms in total. The van der Waals surface area contributed by atoms with Gasteiger partial charge in [0, 0.05) is 11.9 Å². The summed E-state index contributed by atoms with van der Waals surface area (Å²) in [7, 11) is 0. The van der Waals surface area contributed by atoms with Gasteiger partial charge in [-0.15, -0.1) is 0 Å². The predicted molar refractivity (Wildman–Crippen MR) is 62.7 cm³/mol. The molecule has 0 aromatic carbocycles. The molecule has 17 heavy (non-hydrogen) atoms. The molecule has 1 aliphatic rings. The molecule has 0 aromatic heterocycles. The average Bonchev–Trinajstić information content (AvgIpc) is 2.34. The number of ether oxygens (including phenoxy) is 2. The minimum absolute atomic E-state index is 0.383. The van der Waals surface area contributed by atoms with Gasteiger partial charge in [0.05, 0.1) is 6.61 Å². The van der Waals surface area contributed by atoms with Crippen molar-refractivity contribution in [2.24, 2.45) is 0 Å². The van der Waals surface area contributed by atoms with Gasteiger partial charge in [-0.05, 0) is 12.8 Å². The molecule has 0 saturated carbocycles. The molecule has 7 heteroatoms. The number of rotatable bonds is 6. The first kappa shape index (κ1) is 15.3. The first-order valence-electron chi connectivity index (χ1n) is 5.60. The van der Waals surface area contributed by atoms with Gasteiger partial charge in [-0.1, -0.05) is 15.9 Å². The second kappa shape index (κ2) is 7.63. The molecule has 102 valence electrons. The quantitative estimate of drug-likeness (QED) is 0.370. The molecule has 1 unspecified atom stereocenters. The van der Waals surface area contributed by atoms with Crippen molar-refractivity contribution in [2.75, 3.05) is 18.5 Å². The molecule has 1 rings (SSSR count). The van der Waals surface area contributed by atoms with Gasteiger partial charge in [-0.2, -0.15) is 0 Å². The summed E-state index contributed by atoms with van der Waals surface area (Å²) in [4.78, 5) is 0. The lowest BCUT2D eigenvalue weighted by molar-refractivity contribution is -0.301. The van der Waals surface area contributed by atoms with E-state index < -0.39 is 37.3 Å². The second-order valence-corrected chi connectivity index (χ2v) is 4.76. The highest BCUT2D eigenvalue weighted by Crippen LogP contribution is 2.22. The third-order valence-electron chi connectivity index (χ3n) is 2.66. The van der Waals surface area contributed by atoms with Gasteiger partial charge in [0.25, 0.3) is 0 Å². The minimum Gasteiger partial charge on any atom is -0.394 e. The number of aliphatic hydroxyl groups is 4. The lowest BCUT2D eigenvalue weighted by Crippen LogP contribution is -2.59. The van der Waals surface area contributed by atoms with Crippen LogP contribution in [0.5, 0.6) is 0 Å². The highest BCUT2D eigenvalue weighted by atomic mass is 79.9. The molecule has 4 N–H and O–H groups in total. The van der Waals surface area contributed by atoms with E-state index in [2.05, 4.69) is 15.9 Å². The average molecular weight is 315 g/mol. The highest BCUT2D eigenvalue weighted by Gasteiger charge is 2.43. The van der Waals surface area contributed by atoms with Crippen LogP contribution in [0.15, 0.2) is 0 Å². The molecule has 0 aromatic rings. The Balaban J connectivity index is 2.42. The van der Waals surface area contributed by atoms with E-state index in [1.54, 1.807) is 0 Å². The monoisotopic (exact) mass is 314 g/mol. The summed E-state index contributed by atoms with van der Waals surface area (Å²) < 4.78 is 10.4. The van der Waals surface area contributed by atoms with Crippen LogP contribution in [0.4, 0.5) is 0 Å². The zero-order valence-electron chi connectivity index (χ0n) is 9.41. The van der Waals surface area contributed by atoms with Crippen LogP contribution in [0, 0.1) is 0 Å². The third-order valence-corrected chi connectivity index (χ3v) is 3.22. The van der Waals surface area contributed by atoms with Crippen LogP contribution in [0.25, 0.3) is 0 Å². The molecule has 1 heterocycles. The number of aliphatic hydroxyl groups excluding tert-OH is 4. The van der Waals surface area contributed by atoms with Gasteiger partial charge in [-0.25, -0.2) is 0 Å². The van der Waals surface area contributed by atoms with Crippen LogP contribution in [0.2, 0.25) is 0 Å². The van der Waals surface area contributed by atoms with E-state index in [9.17, 15) is 15.3 Å². The van der Waals surface area contributed by atoms with E-state index in [-0.39, 0.29) is 0 Å². The lowest BCUT2D eigenvalue weighted by Gasteiger charge is -2.39. The Kier molecular flexibility index (Phi) is 6.86. The first-order chi connectivity index (χ1) is 8.11. The summed E-state index contributed by atoms with van der Waals surface area (Å²) in [6.45, 7) is -0.0551. The molecule has 1 saturated heterocycles. The number of alkyl halides is 1. The van der Waals surface area contributed by atoms with Crippen molar-refractivity contribution in [3.05, 3.63) is 0 Å². The van der Waals surface area contributed by atoms with Crippen LogP contribution >= 0.6 is 15.9 Å². The Morgan fingerprint density at radius 3 is 2.35 bits per heavy atom. The highest BCUT2D eigenvalue weighted by molar-refractivity contribution is 9.09. The molecule has 1 fully saturated rings. The van der Waals surface area contributed by atoms with E-state index in [1.165, 1.54) is 0 Å². The topological polar surface area (TPSA) is 99.4 Å². The molecule has 5 atom stereocenters. The number of hydrogen-bond donors (Lipinski definition) is 4. The van der Waals surface area contributed by atoms with Crippen LogP contribution in [-0.4, -0.2) is 69.7 Å². The third kappa shape index (κ3) is 4.13. The van der Waals surface area contributed by atoms with Gasteiger partial charge in [0.1, 0.15) is 24.4 Å². The van der Waals surface area contributed by atoms with E-state index in [0.29, 0.717) is 6.61 Å². The summed E-state index contributed by atoms with van der Waals surface area (Å²) in [6.07, 6.45) is -4.22. The molecule has 0 spiro atoms. The minimum atomic E-state index is -1.37. The summed E-state index contributed by atoms with van der Waals surface area (Å²) in [5, 5.41) is 38.5. The maximum absolute atomic E-state index is 9.63. The Morgan fingerprint density at radius 2 is 1.76 bits per heavy atom. The number of halogens is 1. The standard InChI is InChI=1S/C10H19BrO6/c11-3-1-2-4-16-10-9(15)8(14)7(13)6(5-12)17-10/h6-10,12-15H,1-5H2/t6-,7-,8+,9-,10?/m1/s1. The van der Waals surface area contributed by atoms with Crippen molar-refractivity contribution in [1.82, 2.24) is 0 Å². The van der Waals surface area contributed by atoms with Gasteiger partial charge >= 0.3 is 0 Å². The van der Waals surface area contributed by atoms with Gasteiger partial charge in [0.2, 0.25) is 0 Å². The fourth-order valence-corrected chi connectivity index (χ4v) is 2.00. The van der Waals surface area contributed by atoms with Crippen LogP contribution in [0.3, 0.4) is 0 Å². The van der Waals surface area contributed by atoms with Gasteiger partial charge < -0.3 is 29.9 Å². The van der Waals surface area contributed by atoms with Crippen LogP contribution in [-0.2, 0) is 9.47 Å². The fraction of sp³-hybridized carbons (Fsp3) is 1.00. The number of unbranched alkanes of at least 4 members (excludes halogenated alkanes) is 1. The largest absolute Gasteiger partial charge is 0.394 e. The Hall–Kier alpha value is 0.240. The summed E-state index contributed by atoms with van der Waals surface area (Å²) in [5.41, 5.74) is 0. The number of hydrogen-bond acceptors (Lipinski definition) is 6. The van der Waals surface area contributed by atoms with E-state index in [0.717, 1.165) is 18.2 Å². The van der Waals surface area contributed by atoms with E-state index in [4.69, 9.17) is 14.6 Å². The Morgan fingerprint density at radius 1 is 1.06 bits per heavy atom. The zero-order chi connectivity index (χ0) is 12.8. The molecule has 0 radical (unpaired) electrons.